The van der Waals surface area contributed by atoms with Crippen molar-refractivity contribution in [3.05, 3.63) is 42.7 Å². The van der Waals surface area contributed by atoms with Crippen molar-refractivity contribution < 1.29 is 9.90 Å². The van der Waals surface area contributed by atoms with Crippen molar-refractivity contribution in [2.75, 3.05) is 6.54 Å². The maximum absolute atomic E-state index is 11.6. The average Bonchev–Trinajstić information content (AvgIpc) is 2.97. The number of carbonyl (C=O) groups is 1. The van der Waals surface area contributed by atoms with Gasteiger partial charge in [-0.15, -0.1) is 22.7 Å². The summed E-state index contributed by atoms with van der Waals surface area (Å²) in [6.07, 6.45) is 0.948. The molecule has 6 heteroatoms. The number of aliphatic carboxylic acids is 1. The Hall–Kier alpha value is -0.690. The van der Waals surface area contributed by atoms with E-state index in [9.17, 15) is 9.90 Å². The number of hydrogen-bond acceptors (Lipinski definition) is 4. The highest BCUT2D eigenvalue weighted by atomic mass is 79.9. The second-order valence-electron chi connectivity index (χ2n) is 4.47. The topological polar surface area (TPSA) is 40.5 Å². The molecule has 0 aromatic carbocycles. The molecular formula is C13H12BrNO2S2. The lowest BCUT2D eigenvalue weighted by atomic mass is 10.00. The van der Waals surface area contributed by atoms with Crippen LogP contribution in [-0.2, 0) is 17.8 Å². The number of thiophene rings is 2. The van der Waals surface area contributed by atoms with E-state index in [4.69, 9.17) is 0 Å². The Bertz CT molecular complexity index is 607. The molecule has 0 fully saturated rings. The highest BCUT2D eigenvalue weighted by Crippen LogP contribution is 2.35. The van der Waals surface area contributed by atoms with Gasteiger partial charge in [0, 0.05) is 22.8 Å². The van der Waals surface area contributed by atoms with Crippen LogP contribution in [0.1, 0.15) is 21.4 Å². The normalized spacial score (nSPS) is 19.3. The molecule has 1 unspecified atom stereocenters. The Kier molecular flexibility index (Phi) is 3.75. The van der Waals surface area contributed by atoms with Crippen LogP contribution in [0.2, 0.25) is 0 Å². The molecule has 2 aromatic heterocycles. The van der Waals surface area contributed by atoms with Gasteiger partial charge in [0.15, 0.2) is 0 Å². The van der Waals surface area contributed by atoms with Crippen LogP contribution in [0.4, 0.5) is 0 Å². The van der Waals surface area contributed by atoms with E-state index in [0.29, 0.717) is 6.54 Å². The van der Waals surface area contributed by atoms with E-state index in [2.05, 4.69) is 26.9 Å². The quantitative estimate of drug-likeness (QED) is 0.908. The minimum atomic E-state index is -0.755. The molecule has 100 valence electrons. The summed E-state index contributed by atoms with van der Waals surface area (Å²) in [5.74, 6) is -0.755. The second kappa shape index (κ2) is 5.36. The number of carboxylic acid groups (broad SMARTS) is 1. The predicted octanol–water partition coefficient (Wildman–Crippen LogP) is 3.76. The van der Waals surface area contributed by atoms with Crippen molar-refractivity contribution in [3.63, 3.8) is 0 Å². The molecule has 0 saturated carbocycles. The smallest absolute Gasteiger partial charge is 0.325 e. The fraction of sp³-hybridized carbons (Fsp3) is 0.308. The van der Waals surface area contributed by atoms with Gasteiger partial charge in [-0.3, -0.25) is 9.69 Å². The molecular weight excluding hydrogens is 346 g/mol. The zero-order valence-corrected chi connectivity index (χ0v) is 13.2. The number of carboxylic acids is 1. The Morgan fingerprint density at radius 2 is 2.32 bits per heavy atom. The third kappa shape index (κ3) is 2.63. The van der Waals surface area contributed by atoms with Crippen LogP contribution in [-0.4, -0.2) is 22.5 Å². The zero-order chi connectivity index (χ0) is 13.4. The first-order valence-corrected chi connectivity index (χ1v) is 8.41. The number of rotatable bonds is 3. The van der Waals surface area contributed by atoms with Crippen molar-refractivity contribution in [1.82, 2.24) is 4.90 Å². The van der Waals surface area contributed by atoms with Crippen molar-refractivity contribution in [2.45, 2.75) is 19.0 Å². The van der Waals surface area contributed by atoms with Crippen LogP contribution in [0.3, 0.4) is 0 Å². The zero-order valence-electron chi connectivity index (χ0n) is 10.0. The first-order valence-electron chi connectivity index (χ1n) is 5.92. The lowest BCUT2D eigenvalue weighted by Gasteiger charge is -2.32. The maximum atomic E-state index is 11.6. The fourth-order valence-corrected chi connectivity index (χ4v) is 4.88. The monoisotopic (exact) mass is 357 g/mol. The summed E-state index contributed by atoms with van der Waals surface area (Å²) in [6.45, 7) is 1.50. The highest BCUT2D eigenvalue weighted by Gasteiger charge is 2.33. The molecule has 0 radical (unpaired) electrons. The molecule has 2 aromatic rings. The number of fused-ring (bicyclic) bond motifs is 1. The molecule has 1 aliphatic heterocycles. The van der Waals surface area contributed by atoms with Crippen LogP contribution in [0.5, 0.6) is 0 Å². The van der Waals surface area contributed by atoms with Crippen LogP contribution >= 0.6 is 38.6 Å². The van der Waals surface area contributed by atoms with Crippen molar-refractivity contribution >= 4 is 44.6 Å². The molecule has 1 N–H and O–H groups in total. The molecule has 3 rings (SSSR count). The number of hydrogen-bond donors (Lipinski definition) is 1. The molecule has 3 nitrogen and oxygen atoms in total. The van der Waals surface area contributed by atoms with Crippen LogP contribution in [0.25, 0.3) is 0 Å². The predicted molar refractivity (Wildman–Crippen MR) is 80.8 cm³/mol. The van der Waals surface area contributed by atoms with Crippen LogP contribution in [0, 0.1) is 0 Å². The van der Waals surface area contributed by atoms with Gasteiger partial charge in [-0.2, -0.15) is 0 Å². The third-order valence-corrected chi connectivity index (χ3v) is 5.89. The van der Waals surface area contributed by atoms with Gasteiger partial charge in [-0.1, -0.05) is 0 Å². The van der Waals surface area contributed by atoms with Gasteiger partial charge in [0.25, 0.3) is 0 Å². The van der Waals surface area contributed by atoms with Crippen molar-refractivity contribution in [2.24, 2.45) is 0 Å². The first kappa shape index (κ1) is 13.3. The molecule has 3 heterocycles. The van der Waals surface area contributed by atoms with Gasteiger partial charge in [-0.25, -0.2) is 0 Å². The lowest BCUT2D eigenvalue weighted by molar-refractivity contribution is -0.144. The van der Waals surface area contributed by atoms with E-state index in [-0.39, 0.29) is 0 Å². The molecule has 19 heavy (non-hydrogen) atoms. The summed E-state index contributed by atoms with van der Waals surface area (Å²) in [6, 6.07) is 5.51. The van der Waals surface area contributed by atoms with Crippen LogP contribution in [0.15, 0.2) is 27.4 Å². The van der Waals surface area contributed by atoms with Gasteiger partial charge in [0.05, 0.1) is 3.79 Å². The van der Waals surface area contributed by atoms with E-state index < -0.39 is 12.0 Å². The Morgan fingerprint density at radius 3 is 3.00 bits per heavy atom. The van der Waals surface area contributed by atoms with Gasteiger partial charge in [-0.05, 0) is 51.5 Å². The molecule has 0 aliphatic carbocycles. The maximum Gasteiger partial charge on any atom is 0.325 e. The SMILES string of the molecule is O=C(O)C1c2ccsc2CCN1Cc1ccc(Br)s1. The van der Waals surface area contributed by atoms with Gasteiger partial charge < -0.3 is 5.11 Å². The standard InChI is InChI=1S/C13H12BrNO2S2/c14-11-2-1-8(19-11)7-15-5-3-10-9(4-6-18-10)12(15)13(16)17/h1-2,4,6,12H,3,5,7H2,(H,16,17). The summed E-state index contributed by atoms with van der Waals surface area (Å²) in [5.41, 5.74) is 0.972. The Morgan fingerprint density at radius 1 is 1.47 bits per heavy atom. The first-order chi connectivity index (χ1) is 9.15. The lowest BCUT2D eigenvalue weighted by Crippen LogP contribution is -2.38. The molecule has 1 aliphatic rings. The molecule has 1 atom stereocenters. The van der Waals surface area contributed by atoms with Gasteiger partial charge in [0.1, 0.15) is 6.04 Å². The molecule has 0 saturated heterocycles. The molecule has 0 amide bonds. The van der Waals surface area contributed by atoms with E-state index in [1.807, 2.05) is 17.5 Å². The third-order valence-electron chi connectivity index (χ3n) is 3.29. The summed E-state index contributed by atoms with van der Waals surface area (Å²) in [7, 11) is 0. The summed E-state index contributed by atoms with van der Waals surface area (Å²) >= 11 is 6.77. The molecule has 0 bridgehead atoms. The van der Waals surface area contributed by atoms with Crippen molar-refractivity contribution in [1.29, 1.82) is 0 Å². The molecule has 0 spiro atoms. The van der Waals surface area contributed by atoms with Gasteiger partial charge >= 0.3 is 5.97 Å². The average molecular weight is 358 g/mol. The van der Waals surface area contributed by atoms with E-state index in [1.54, 1.807) is 22.7 Å². The van der Waals surface area contributed by atoms with E-state index >= 15 is 0 Å². The minimum Gasteiger partial charge on any atom is -0.480 e. The van der Waals surface area contributed by atoms with E-state index in [0.717, 1.165) is 22.3 Å². The number of nitrogens with zero attached hydrogens (tertiary/aromatic N) is 1. The summed E-state index contributed by atoms with van der Waals surface area (Å²) in [5, 5.41) is 11.5. The number of halogens is 1. The van der Waals surface area contributed by atoms with Crippen LogP contribution < -0.4 is 0 Å². The highest BCUT2D eigenvalue weighted by molar-refractivity contribution is 9.11. The largest absolute Gasteiger partial charge is 0.480 e. The fourth-order valence-electron chi connectivity index (χ4n) is 2.46. The van der Waals surface area contributed by atoms with Gasteiger partial charge in [0.2, 0.25) is 0 Å². The Labute approximate surface area is 127 Å². The minimum absolute atomic E-state index is 0.504. The summed E-state index contributed by atoms with van der Waals surface area (Å²) < 4.78 is 1.09. The van der Waals surface area contributed by atoms with Crippen molar-refractivity contribution in [3.8, 4) is 0 Å². The van der Waals surface area contributed by atoms with E-state index in [1.165, 1.54) is 9.75 Å². The second-order valence-corrected chi connectivity index (χ2v) is 8.01. The Balaban J connectivity index is 1.87. The summed E-state index contributed by atoms with van der Waals surface area (Å²) in [4.78, 5) is 16.0.